The molecule has 1 aliphatic rings. The monoisotopic (exact) mass is 244 g/mol. The molecule has 0 aliphatic carbocycles. The van der Waals surface area contributed by atoms with Crippen LogP contribution >= 0.6 is 0 Å². The summed E-state index contributed by atoms with van der Waals surface area (Å²) in [4.78, 5) is 6.70. The second-order valence-electron chi connectivity index (χ2n) is 3.84. The van der Waals surface area contributed by atoms with E-state index in [9.17, 15) is 8.42 Å². The molecule has 1 fully saturated rings. The third-order valence-electron chi connectivity index (χ3n) is 2.60. The summed E-state index contributed by atoms with van der Waals surface area (Å²) in [5, 5.41) is 3.36. The summed E-state index contributed by atoms with van der Waals surface area (Å²) in [6.45, 7) is 4.39. The van der Waals surface area contributed by atoms with Gasteiger partial charge in [-0.3, -0.25) is 0 Å². The molecule has 1 aromatic heterocycles. The molecule has 6 nitrogen and oxygen atoms in total. The third-order valence-corrected chi connectivity index (χ3v) is 4.40. The summed E-state index contributed by atoms with van der Waals surface area (Å²) in [7, 11) is -3.39. The molecule has 0 unspecified atom stereocenters. The number of H-pyrrole nitrogens is 1. The molecule has 16 heavy (non-hydrogen) atoms. The molecule has 0 aromatic carbocycles. The third kappa shape index (κ3) is 2.26. The molecule has 1 aliphatic heterocycles. The fraction of sp³-hybridized carbons (Fsp3) is 0.667. The maximum atomic E-state index is 12.2. The van der Waals surface area contributed by atoms with Crippen LogP contribution in [0.5, 0.6) is 0 Å². The topological polar surface area (TPSA) is 78.1 Å². The van der Waals surface area contributed by atoms with E-state index in [1.165, 1.54) is 10.5 Å². The van der Waals surface area contributed by atoms with Crippen molar-refractivity contribution in [2.24, 2.45) is 0 Å². The van der Waals surface area contributed by atoms with E-state index in [1.54, 1.807) is 6.92 Å². The fourth-order valence-electron chi connectivity index (χ4n) is 1.73. The average Bonchev–Trinajstić information content (AvgIpc) is 2.54. The Morgan fingerprint density at radius 1 is 1.38 bits per heavy atom. The highest BCUT2D eigenvalue weighted by Crippen LogP contribution is 2.14. The van der Waals surface area contributed by atoms with Crippen LogP contribution in [0.2, 0.25) is 0 Å². The highest BCUT2D eigenvalue weighted by atomic mass is 32.2. The van der Waals surface area contributed by atoms with Crippen LogP contribution in [0, 0.1) is 6.92 Å². The Morgan fingerprint density at radius 3 is 2.88 bits per heavy atom. The number of aryl methyl sites for hydroxylation is 1. The second kappa shape index (κ2) is 4.52. The van der Waals surface area contributed by atoms with Crippen LogP contribution in [0.25, 0.3) is 0 Å². The largest absolute Gasteiger partial charge is 0.332 e. The van der Waals surface area contributed by atoms with Crippen molar-refractivity contribution in [1.82, 2.24) is 19.6 Å². The van der Waals surface area contributed by atoms with E-state index in [0.29, 0.717) is 25.5 Å². The van der Waals surface area contributed by atoms with E-state index >= 15 is 0 Å². The van der Waals surface area contributed by atoms with E-state index in [2.05, 4.69) is 15.3 Å². The Kier molecular flexibility index (Phi) is 3.27. The summed E-state index contributed by atoms with van der Waals surface area (Å²) in [6.07, 6.45) is 2.22. The normalized spacial score (nSPS) is 19.6. The maximum Gasteiger partial charge on any atom is 0.260 e. The first kappa shape index (κ1) is 11.6. The smallest absolute Gasteiger partial charge is 0.260 e. The number of sulfonamides is 1. The molecule has 2 heterocycles. The van der Waals surface area contributed by atoms with Gasteiger partial charge in [-0.15, -0.1) is 0 Å². The van der Waals surface area contributed by atoms with Gasteiger partial charge in [0.25, 0.3) is 10.0 Å². The molecule has 1 saturated heterocycles. The van der Waals surface area contributed by atoms with Crippen molar-refractivity contribution in [2.75, 3.05) is 26.2 Å². The minimum atomic E-state index is -3.39. The SMILES string of the molecule is Cc1ncc(S(=O)(=O)N2CCCNCC2)[nH]1. The quantitative estimate of drug-likeness (QED) is 0.749. The van der Waals surface area contributed by atoms with Crippen molar-refractivity contribution < 1.29 is 8.42 Å². The van der Waals surface area contributed by atoms with Gasteiger partial charge in [0, 0.05) is 19.6 Å². The number of rotatable bonds is 2. The van der Waals surface area contributed by atoms with Gasteiger partial charge >= 0.3 is 0 Å². The van der Waals surface area contributed by atoms with Crippen molar-refractivity contribution in [2.45, 2.75) is 18.4 Å². The number of imidazole rings is 1. The molecule has 90 valence electrons. The number of nitrogens with one attached hydrogen (secondary N) is 2. The first-order chi connectivity index (χ1) is 7.60. The van der Waals surface area contributed by atoms with E-state index in [-0.39, 0.29) is 5.03 Å². The van der Waals surface area contributed by atoms with Gasteiger partial charge < -0.3 is 10.3 Å². The van der Waals surface area contributed by atoms with E-state index in [4.69, 9.17) is 0 Å². The first-order valence-electron chi connectivity index (χ1n) is 5.33. The average molecular weight is 244 g/mol. The van der Waals surface area contributed by atoms with Crippen molar-refractivity contribution in [3.05, 3.63) is 12.0 Å². The number of nitrogens with zero attached hydrogens (tertiary/aromatic N) is 2. The molecule has 0 atom stereocenters. The highest BCUT2D eigenvalue weighted by molar-refractivity contribution is 7.89. The zero-order valence-corrected chi connectivity index (χ0v) is 10.0. The Balaban J connectivity index is 2.23. The molecule has 7 heteroatoms. The van der Waals surface area contributed by atoms with Crippen LogP contribution in [0.1, 0.15) is 12.2 Å². The number of aromatic amines is 1. The lowest BCUT2D eigenvalue weighted by atomic mass is 10.4. The van der Waals surface area contributed by atoms with E-state index < -0.39 is 10.0 Å². The Bertz CT molecular complexity index is 446. The molecule has 0 saturated carbocycles. The fourth-order valence-corrected chi connectivity index (χ4v) is 3.17. The van der Waals surface area contributed by atoms with Gasteiger partial charge in [0.2, 0.25) is 0 Å². The van der Waals surface area contributed by atoms with Crippen LogP contribution < -0.4 is 5.32 Å². The van der Waals surface area contributed by atoms with Crippen LogP contribution in [0.4, 0.5) is 0 Å². The van der Waals surface area contributed by atoms with Gasteiger partial charge in [0.05, 0.1) is 6.20 Å². The summed E-state index contributed by atoms with van der Waals surface area (Å²) < 4.78 is 25.9. The van der Waals surface area contributed by atoms with Crippen LogP contribution in [0.3, 0.4) is 0 Å². The molecule has 0 amide bonds. The molecular weight excluding hydrogens is 228 g/mol. The van der Waals surface area contributed by atoms with E-state index in [1.807, 2.05) is 0 Å². The molecule has 1 aromatic rings. The van der Waals surface area contributed by atoms with Crippen molar-refractivity contribution >= 4 is 10.0 Å². The molecular formula is C9H16N4O2S. The Hall–Kier alpha value is -0.920. The first-order valence-corrected chi connectivity index (χ1v) is 6.77. The molecule has 2 rings (SSSR count). The van der Waals surface area contributed by atoms with Gasteiger partial charge in [-0.25, -0.2) is 13.4 Å². The number of aromatic nitrogens is 2. The van der Waals surface area contributed by atoms with Gasteiger partial charge in [-0.2, -0.15) is 4.31 Å². The standard InChI is InChI=1S/C9H16N4O2S/c1-8-11-7-9(12-8)16(14,15)13-5-2-3-10-4-6-13/h7,10H,2-6H2,1H3,(H,11,12). The van der Waals surface area contributed by atoms with Crippen molar-refractivity contribution in [3.63, 3.8) is 0 Å². The number of hydrogen-bond donors (Lipinski definition) is 2. The second-order valence-corrected chi connectivity index (χ2v) is 5.75. The summed E-state index contributed by atoms with van der Waals surface area (Å²) in [5.74, 6) is 0.617. The lowest BCUT2D eigenvalue weighted by Gasteiger charge is -2.18. The maximum absolute atomic E-state index is 12.2. The van der Waals surface area contributed by atoms with Crippen LogP contribution in [-0.2, 0) is 10.0 Å². The summed E-state index contributed by atoms with van der Waals surface area (Å²) in [6, 6.07) is 0. The molecule has 2 N–H and O–H groups in total. The Morgan fingerprint density at radius 2 is 2.19 bits per heavy atom. The van der Waals surface area contributed by atoms with Gasteiger partial charge in [-0.05, 0) is 19.9 Å². The molecule has 0 bridgehead atoms. The lowest BCUT2D eigenvalue weighted by molar-refractivity contribution is 0.430. The van der Waals surface area contributed by atoms with Crippen molar-refractivity contribution in [1.29, 1.82) is 0 Å². The zero-order valence-electron chi connectivity index (χ0n) is 9.23. The van der Waals surface area contributed by atoms with Gasteiger partial charge in [-0.1, -0.05) is 0 Å². The zero-order chi connectivity index (χ0) is 11.6. The lowest BCUT2D eigenvalue weighted by Crippen LogP contribution is -2.34. The van der Waals surface area contributed by atoms with Crippen LogP contribution in [-0.4, -0.2) is 48.9 Å². The predicted molar refractivity (Wildman–Crippen MR) is 59.6 cm³/mol. The number of hydrogen-bond acceptors (Lipinski definition) is 4. The summed E-state index contributed by atoms with van der Waals surface area (Å²) >= 11 is 0. The van der Waals surface area contributed by atoms with Crippen molar-refractivity contribution in [3.8, 4) is 0 Å². The van der Waals surface area contributed by atoms with Gasteiger partial charge in [0.1, 0.15) is 5.82 Å². The van der Waals surface area contributed by atoms with E-state index in [0.717, 1.165) is 13.0 Å². The summed E-state index contributed by atoms with van der Waals surface area (Å²) in [5.41, 5.74) is 0. The van der Waals surface area contributed by atoms with Gasteiger partial charge in [0.15, 0.2) is 5.03 Å². The molecule has 0 spiro atoms. The Labute approximate surface area is 95.1 Å². The molecule has 0 radical (unpaired) electrons. The van der Waals surface area contributed by atoms with Crippen LogP contribution in [0.15, 0.2) is 11.2 Å². The minimum Gasteiger partial charge on any atom is -0.332 e. The predicted octanol–water partition coefficient (Wildman–Crippen LogP) is -0.298. The highest BCUT2D eigenvalue weighted by Gasteiger charge is 2.26. The minimum absolute atomic E-state index is 0.187.